The standard InChI is InChI=1S/C13H13BrF3NO3/c14-9-3-1-8(2-4-9)10(7-12(20)21)18-11(19)5-6-13(15,16)17/h1-4,10H,5-7H2,(H,18,19)(H,20,21). The monoisotopic (exact) mass is 367 g/mol. The van der Waals surface area contributed by atoms with Gasteiger partial charge in [0.15, 0.2) is 0 Å². The summed E-state index contributed by atoms with van der Waals surface area (Å²) in [5.74, 6) is -1.99. The van der Waals surface area contributed by atoms with Crippen molar-refractivity contribution in [3.63, 3.8) is 0 Å². The van der Waals surface area contributed by atoms with Crippen molar-refractivity contribution in [2.24, 2.45) is 0 Å². The Balaban J connectivity index is 2.72. The van der Waals surface area contributed by atoms with Crippen LogP contribution in [-0.4, -0.2) is 23.2 Å². The van der Waals surface area contributed by atoms with Gasteiger partial charge in [-0.15, -0.1) is 0 Å². The second-order valence-electron chi connectivity index (χ2n) is 4.38. The largest absolute Gasteiger partial charge is 0.481 e. The lowest BCUT2D eigenvalue weighted by Gasteiger charge is -2.18. The molecule has 1 aromatic rings. The van der Waals surface area contributed by atoms with Crippen LogP contribution in [-0.2, 0) is 9.59 Å². The Hall–Kier alpha value is -1.57. The highest BCUT2D eigenvalue weighted by Crippen LogP contribution is 2.23. The van der Waals surface area contributed by atoms with Gasteiger partial charge in [0, 0.05) is 10.9 Å². The van der Waals surface area contributed by atoms with Gasteiger partial charge in [-0.1, -0.05) is 28.1 Å². The molecule has 1 amide bonds. The number of aliphatic carboxylic acids is 1. The van der Waals surface area contributed by atoms with Crippen LogP contribution in [0.1, 0.15) is 30.9 Å². The van der Waals surface area contributed by atoms with E-state index in [0.29, 0.717) is 5.56 Å². The first-order valence-corrected chi connectivity index (χ1v) is 6.80. The number of hydrogen-bond donors (Lipinski definition) is 2. The SMILES string of the molecule is O=C(O)CC(NC(=O)CCC(F)(F)F)c1ccc(Br)cc1. The number of hydrogen-bond acceptors (Lipinski definition) is 2. The van der Waals surface area contributed by atoms with E-state index in [2.05, 4.69) is 21.2 Å². The summed E-state index contributed by atoms with van der Waals surface area (Å²) in [4.78, 5) is 22.3. The van der Waals surface area contributed by atoms with E-state index in [1.54, 1.807) is 24.3 Å². The van der Waals surface area contributed by atoms with Gasteiger partial charge in [0.25, 0.3) is 0 Å². The van der Waals surface area contributed by atoms with Crippen molar-refractivity contribution in [2.45, 2.75) is 31.5 Å². The summed E-state index contributed by atoms with van der Waals surface area (Å²) in [6, 6.07) is 5.65. The molecule has 8 heteroatoms. The third kappa shape index (κ3) is 7.12. The molecule has 0 heterocycles. The fourth-order valence-corrected chi connectivity index (χ4v) is 1.91. The first-order chi connectivity index (χ1) is 9.67. The van der Waals surface area contributed by atoms with Gasteiger partial charge in [0.2, 0.25) is 5.91 Å². The third-order valence-corrected chi connectivity index (χ3v) is 3.15. The minimum absolute atomic E-state index is 0.403. The number of amides is 1. The van der Waals surface area contributed by atoms with Crippen LogP contribution in [0.15, 0.2) is 28.7 Å². The third-order valence-electron chi connectivity index (χ3n) is 2.62. The molecule has 0 bridgehead atoms. The van der Waals surface area contributed by atoms with Crippen LogP contribution in [0.2, 0.25) is 0 Å². The van der Waals surface area contributed by atoms with E-state index in [9.17, 15) is 22.8 Å². The van der Waals surface area contributed by atoms with Crippen molar-refractivity contribution >= 4 is 27.8 Å². The molecule has 1 atom stereocenters. The Morgan fingerprint density at radius 3 is 2.29 bits per heavy atom. The number of carboxylic acid groups (broad SMARTS) is 1. The average Bonchev–Trinajstić information content (AvgIpc) is 2.35. The molecule has 0 spiro atoms. The molecule has 1 rings (SSSR count). The lowest BCUT2D eigenvalue weighted by Crippen LogP contribution is -2.31. The highest BCUT2D eigenvalue weighted by molar-refractivity contribution is 9.10. The number of halogens is 4. The van der Waals surface area contributed by atoms with Crippen molar-refractivity contribution < 1.29 is 27.9 Å². The maximum absolute atomic E-state index is 12.1. The number of rotatable bonds is 6. The molecule has 0 saturated heterocycles. The molecule has 116 valence electrons. The number of benzene rings is 1. The molecule has 1 unspecified atom stereocenters. The smallest absolute Gasteiger partial charge is 0.389 e. The zero-order valence-electron chi connectivity index (χ0n) is 10.8. The van der Waals surface area contributed by atoms with Gasteiger partial charge in [-0.05, 0) is 17.7 Å². The van der Waals surface area contributed by atoms with Gasteiger partial charge in [-0.2, -0.15) is 13.2 Å². The first kappa shape index (κ1) is 17.5. The van der Waals surface area contributed by atoms with Crippen LogP contribution in [0.3, 0.4) is 0 Å². The van der Waals surface area contributed by atoms with E-state index in [4.69, 9.17) is 5.11 Å². The molecule has 0 radical (unpaired) electrons. The van der Waals surface area contributed by atoms with Crippen molar-refractivity contribution in [1.29, 1.82) is 0 Å². The lowest BCUT2D eigenvalue weighted by molar-refractivity contribution is -0.145. The van der Waals surface area contributed by atoms with Crippen LogP contribution < -0.4 is 5.32 Å². The maximum atomic E-state index is 12.1. The van der Waals surface area contributed by atoms with E-state index in [0.717, 1.165) is 4.47 Å². The fourth-order valence-electron chi connectivity index (χ4n) is 1.64. The zero-order chi connectivity index (χ0) is 16.0. The number of carbonyl (C=O) groups excluding carboxylic acids is 1. The van der Waals surface area contributed by atoms with Crippen LogP contribution in [0.5, 0.6) is 0 Å². The summed E-state index contributed by atoms with van der Waals surface area (Å²) in [6.07, 6.45) is -6.79. The van der Waals surface area contributed by atoms with Gasteiger partial charge in [0.05, 0.1) is 18.9 Å². The Labute approximate surface area is 127 Å². The van der Waals surface area contributed by atoms with E-state index in [-0.39, 0.29) is 0 Å². The predicted molar refractivity (Wildman–Crippen MR) is 72.6 cm³/mol. The molecule has 21 heavy (non-hydrogen) atoms. The van der Waals surface area contributed by atoms with E-state index < -0.39 is 43.4 Å². The number of nitrogens with one attached hydrogen (secondary N) is 1. The first-order valence-electron chi connectivity index (χ1n) is 6.01. The fraction of sp³-hybridized carbons (Fsp3) is 0.385. The molecular weight excluding hydrogens is 355 g/mol. The predicted octanol–water partition coefficient (Wildman–Crippen LogP) is 3.42. The molecule has 0 saturated carbocycles. The van der Waals surface area contributed by atoms with E-state index >= 15 is 0 Å². The minimum atomic E-state index is -4.42. The van der Waals surface area contributed by atoms with Gasteiger partial charge in [-0.3, -0.25) is 9.59 Å². The summed E-state index contributed by atoms with van der Waals surface area (Å²) in [5, 5.41) is 11.2. The van der Waals surface area contributed by atoms with Gasteiger partial charge in [0.1, 0.15) is 0 Å². The molecule has 0 aliphatic carbocycles. The Bertz CT molecular complexity index is 502. The van der Waals surface area contributed by atoms with Gasteiger partial charge < -0.3 is 10.4 Å². The van der Waals surface area contributed by atoms with E-state index in [1.165, 1.54) is 0 Å². The molecule has 2 N–H and O–H groups in total. The maximum Gasteiger partial charge on any atom is 0.389 e. The van der Waals surface area contributed by atoms with Crippen LogP contribution in [0.25, 0.3) is 0 Å². The molecule has 1 aromatic carbocycles. The molecule has 0 fully saturated rings. The molecular formula is C13H13BrF3NO3. The molecule has 0 aliphatic heterocycles. The second-order valence-corrected chi connectivity index (χ2v) is 5.30. The van der Waals surface area contributed by atoms with Gasteiger partial charge >= 0.3 is 12.1 Å². The summed E-state index contributed by atoms with van der Waals surface area (Å²) in [6.45, 7) is 0. The summed E-state index contributed by atoms with van der Waals surface area (Å²) >= 11 is 3.21. The van der Waals surface area contributed by atoms with Crippen LogP contribution in [0, 0.1) is 0 Å². The normalized spacial score (nSPS) is 12.8. The number of alkyl halides is 3. The Morgan fingerprint density at radius 2 is 1.81 bits per heavy atom. The molecule has 0 aliphatic rings. The molecule has 0 aromatic heterocycles. The average molecular weight is 368 g/mol. The number of carbonyl (C=O) groups is 2. The van der Waals surface area contributed by atoms with Crippen molar-refractivity contribution in [3.8, 4) is 0 Å². The number of carboxylic acids is 1. The van der Waals surface area contributed by atoms with Crippen molar-refractivity contribution in [2.75, 3.05) is 0 Å². The summed E-state index contributed by atoms with van der Waals surface area (Å²) < 4.78 is 36.9. The van der Waals surface area contributed by atoms with E-state index in [1.807, 2.05) is 0 Å². The summed E-state index contributed by atoms with van der Waals surface area (Å²) in [5.41, 5.74) is 0.515. The second kappa shape index (κ2) is 7.44. The summed E-state index contributed by atoms with van der Waals surface area (Å²) in [7, 11) is 0. The van der Waals surface area contributed by atoms with Crippen LogP contribution in [0.4, 0.5) is 13.2 Å². The topological polar surface area (TPSA) is 66.4 Å². The van der Waals surface area contributed by atoms with Crippen LogP contribution >= 0.6 is 15.9 Å². The Kier molecular flexibility index (Phi) is 6.19. The zero-order valence-corrected chi connectivity index (χ0v) is 12.4. The molecule has 4 nitrogen and oxygen atoms in total. The minimum Gasteiger partial charge on any atom is -0.481 e. The highest BCUT2D eigenvalue weighted by atomic mass is 79.9. The highest BCUT2D eigenvalue weighted by Gasteiger charge is 2.28. The van der Waals surface area contributed by atoms with Crippen molar-refractivity contribution in [1.82, 2.24) is 5.32 Å². The quantitative estimate of drug-likeness (QED) is 0.809. The Morgan fingerprint density at radius 1 is 1.24 bits per heavy atom. The lowest BCUT2D eigenvalue weighted by atomic mass is 10.0. The van der Waals surface area contributed by atoms with Crippen molar-refractivity contribution in [3.05, 3.63) is 34.3 Å². The van der Waals surface area contributed by atoms with Gasteiger partial charge in [-0.25, -0.2) is 0 Å².